The molecule has 2 nitrogen and oxygen atoms in total. The summed E-state index contributed by atoms with van der Waals surface area (Å²) in [6.45, 7) is 0. The average Bonchev–Trinajstić information content (AvgIpc) is 2.12. The van der Waals surface area contributed by atoms with E-state index in [1.54, 1.807) is 0 Å². The summed E-state index contributed by atoms with van der Waals surface area (Å²) < 4.78 is 36.0. The molecule has 2 rings (SSSR count). The van der Waals surface area contributed by atoms with Crippen LogP contribution in [0, 0.1) is 5.82 Å². The third kappa shape index (κ3) is 1.54. The van der Waals surface area contributed by atoms with Crippen LogP contribution in [0.3, 0.4) is 0 Å². The van der Waals surface area contributed by atoms with Crippen molar-refractivity contribution in [2.75, 3.05) is 5.75 Å². The molecule has 1 heterocycles. The molecule has 0 saturated heterocycles. The molecule has 0 aromatic heterocycles. The van der Waals surface area contributed by atoms with Gasteiger partial charge >= 0.3 is 0 Å². The highest BCUT2D eigenvalue weighted by atomic mass is 32.2. The second-order valence-electron chi connectivity index (χ2n) is 3.31. The minimum atomic E-state index is -3.21. The lowest BCUT2D eigenvalue weighted by Gasteiger charge is -2.21. The van der Waals surface area contributed by atoms with E-state index in [0.717, 1.165) is 0 Å². The van der Waals surface area contributed by atoms with Gasteiger partial charge in [0.15, 0.2) is 9.84 Å². The maximum Gasteiger partial charge on any atom is 0.178 e. The number of rotatable bonds is 0. The van der Waals surface area contributed by atoms with Gasteiger partial charge in [0, 0.05) is 5.25 Å². The zero-order chi connectivity index (χ0) is 10.3. The Bertz CT molecular complexity index is 468. The summed E-state index contributed by atoms with van der Waals surface area (Å²) in [4.78, 5) is 0.227. The second-order valence-corrected chi connectivity index (χ2v) is 6.01. The first-order valence-corrected chi connectivity index (χ1v) is 6.38. The van der Waals surface area contributed by atoms with Gasteiger partial charge in [-0.25, -0.2) is 12.8 Å². The van der Waals surface area contributed by atoms with Crippen molar-refractivity contribution in [1.82, 2.24) is 0 Å². The van der Waals surface area contributed by atoms with Gasteiger partial charge in [-0.3, -0.25) is 0 Å². The lowest BCUT2D eigenvalue weighted by atomic mass is 10.1. The molecule has 1 aromatic rings. The van der Waals surface area contributed by atoms with E-state index >= 15 is 0 Å². The molecule has 1 aliphatic rings. The van der Waals surface area contributed by atoms with Crippen molar-refractivity contribution in [2.24, 2.45) is 0 Å². The Balaban J connectivity index is 2.69. The molecule has 0 fully saturated rings. The van der Waals surface area contributed by atoms with Gasteiger partial charge in [0.1, 0.15) is 5.82 Å². The normalized spacial score (nSPS) is 24.3. The maximum atomic E-state index is 12.9. The molecular formula is C9H9FO2S2. The predicted molar refractivity (Wildman–Crippen MR) is 54.8 cm³/mol. The summed E-state index contributed by atoms with van der Waals surface area (Å²) in [5, 5.41) is -0.177. The van der Waals surface area contributed by atoms with Crippen LogP contribution in [0.15, 0.2) is 23.1 Å². The van der Waals surface area contributed by atoms with E-state index in [1.165, 1.54) is 18.2 Å². The van der Waals surface area contributed by atoms with Crippen LogP contribution in [0.2, 0.25) is 0 Å². The molecule has 0 amide bonds. The zero-order valence-corrected chi connectivity index (χ0v) is 8.98. The van der Waals surface area contributed by atoms with Gasteiger partial charge in [0.2, 0.25) is 0 Å². The molecule has 1 aliphatic heterocycles. The molecule has 5 heteroatoms. The molecule has 1 atom stereocenters. The molecule has 76 valence electrons. The van der Waals surface area contributed by atoms with Gasteiger partial charge in [-0.15, -0.1) is 0 Å². The van der Waals surface area contributed by atoms with Gasteiger partial charge in [0.05, 0.1) is 10.6 Å². The molecule has 1 aromatic carbocycles. The molecular weight excluding hydrogens is 223 g/mol. The van der Waals surface area contributed by atoms with Gasteiger partial charge in [0.25, 0.3) is 0 Å². The SMILES string of the molecule is O=S1(=O)CCC(S)c2cc(F)ccc21. The number of hydrogen-bond donors (Lipinski definition) is 1. The third-order valence-electron chi connectivity index (χ3n) is 2.33. The Labute approximate surface area is 87.5 Å². The number of thiol groups is 1. The van der Waals surface area contributed by atoms with Crippen molar-refractivity contribution >= 4 is 22.5 Å². The van der Waals surface area contributed by atoms with Gasteiger partial charge in [-0.1, -0.05) is 0 Å². The number of sulfone groups is 1. The lowest BCUT2D eigenvalue weighted by molar-refractivity contribution is 0.582. The molecule has 14 heavy (non-hydrogen) atoms. The quantitative estimate of drug-likeness (QED) is 0.548. The van der Waals surface area contributed by atoms with Crippen LogP contribution >= 0.6 is 12.6 Å². The highest BCUT2D eigenvalue weighted by molar-refractivity contribution is 7.91. The molecule has 0 bridgehead atoms. The monoisotopic (exact) mass is 232 g/mol. The summed E-state index contributed by atoms with van der Waals surface area (Å²) in [6.07, 6.45) is 0.446. The first-order chi connectivity index (χ1) is 6.50. The first kappa shape index (κ1) is 9.98. The highest BCUT2D eigenvalue weighted by Gasteiger charge is 2.28. The molecule has 0 spiro atoms. The van der Waals surface area contributed by atoms with Crippen LogP contribution in [-0.2, 0) is 9.84 Å². The van der Waals surface area contributed by atoms with E-state index in [-0.39, 0.29) is 15.9 Å². The Kier molecular flexibility index (Phi) is 2.31. The molecule has 0 N–H and O–H groups in total. The van der Waals surface area contributed by atoms with Gasteiger partial charge < -0.3 is 0 Å². The van der Waals surface area contributed by atoms with Crippen LogP contribution in [0.4, 0.5) is 4.39 Å². The van der Waals surface area contributed by atoms with Crippen molar-refractivity contribution < 1.29 is 12.8 Å². The summed E-state index contributed by atoms with van der Waals surface area (Å²) >= 11 is 4.23. The predicted octanol–water partition coefficient (Wildman–Crippen LogP) is 1.97. The summed E-state index contributed by atoms with van der Waals surface area (Å²) in [7, 11) is -3.21. The van der Waals surface area contributed by atoms with Crippen LogP contribution in [0.1, 0.15) is 17.2 Å². The minimum Gasteiger partial charge on any atom is -0.224 e. The van der Waals surface area contributed by atoms with Crippen molar-refractivity contribution in [3.63, 3.8) is 0 Å². The second kappa shape index (κ2) is 3.24. The van der Waals surface area contributed by atoms with Crippen molar-refractivity contribution in [2.45, 2.75) is 16.6 Å². The van der Waals surface area contributed by atoms with Crippen molar-refractivity contribution in [3.8, 4) is 0 Å². The van der Waals surface area contributed by atoms with Crippen LogP contribution in [0.25, 0.3) is 0 Å². The third-order valence-corrected chi connectivity index (χ3v) is 4.68. The largest absolute Gasteiger partial charge is 0.224 e. The highest BCUT2D eigenvalue weighted by Crippen LogP contribution is 2.36. The molecule has 0 saturated carbocycles. The standard InChI is InChI=1S/C9H9FO2S2/c10-6-1-2-9-7(5-6)8(13)3-4-14(9,11)12/h1-2,5,8,13H,3-4H2. The Morgan fingerprint density at radius 1 is 1.43 bits per heavy atom. The molecule has 1 unspecified atom stereocenters. The van der Waals surface area contributed by atoms with Crippen molar-refractivity contribution in [1.29, 1.82) is 0 Å². The van der Waals surface area contributed by atoms with E-state index in [4.69, 9.17) is 0 Å². The van der Waals surface area contributed by atoms with E-state index in [2.05, 4.69) is 12.6 Å². The van der Waals surface area contributed by atoms with E-state index in [0.29, 0.717) is 12.0 Å². The molecule has 0 radical (unpaired) electrons. The first-order valence-electron chi connectivity index (χ1n) is 4.21. The smallest absolute Gasteiger partial charge is 0.178 e. The topological polar surface area (TPSA) is 34.1 Å². The van der Waals surface area contributed by atoms with Crippen LogP contribution < -0.4 is 0 Å². The Morgan fingerprint density at radius 3 is 2.86 bits per heavy atom. The number of benzene rings is 1. The van der Waals surface area contributed by atoms with Crippen LogP contribution in [-0.4, -0.2) is 14.2 Å². The minimum absolute atomic E-state index is 0.0970. The summed E-state index contributed by atoms with van der Waals surface area (Å²) in [5.74, 6) is -0.320. The van der Waals surface area contributed by atoms with Crippen molar-refractivity contribution in [3.05, 3.63) is 29.6 Å². The lowest BCUT2D eigenvalue weighted by Crippen LogP contribution is -2.17. The van der Waals surface area contributed by atoms with E-state index in [1.807, 2.05) is 0 Å². The van der Waals surface area contributed by atoms with Crippen LogP contribution in [0.5, 0.6) is 0 Å². The van der Waals surface area contributed by atoms with E-state index in [9.17, 15) is 12.8 Å². The fraction of sp³-hybridized carbons (Fsp3) is 0.333. The fourth-order valence-electron chi connectivity index (χ4n) is 1.60. The zero-order valence-electron chi connectivity index (χ0n) is 7.27. The average molecular weight is 232 g/mol. The molecule has 0 aliphatic carbocycles. The fourth-order valence-corrected chi connectivity index (χ4v) is 3.80. The van der Waals surface area contributed by atoms with Gasteiger partial charge in [-0.05, 0) is 30.2 Å². The number of hydrogen-bond acceptors (Lipinski definition) is 3. The summed E-state index contributed by atoms with van der Waals surface area (Å²) in [5.41, 5.74) is 0.486. The Hall–Kier alpha value is -0.550. The van der Waals surface area contributed by atoms with Gasteiger partial charge in [-0.2, -0.15) is 12.6 Å². The Morgan fingerprint density at radius 2 is 2.14 bits per heavy atom. The van der Waals surface area contributed by atoms with E-state index < -0.39 is 15.7 Å². The number of halogens is 1. The number of fused-ring (bicyclic) bond motifs is 1. The summed E-state index contributed by atoms with van der Waals surface area (Å²) in [6, 6.07) is 3.74. The maximum absolute atomic E-state index is 12.9.